The fourth-order valence-electron chi connectivity index (χ4n) is 17.5. The van der Waals surface area contributed by atoms with Crippen LogP contribution >= 0.6 is 33.2 Å². The summed E-state index contributed by atoms with van der Waals surface area (Å²) in [7, 11) is 1.93. The summed E-state index contributed by atoms with van der Waals surface area (Å²) in [5.74, 6) is -19.1. The van der Waals surface area contributed by atoms with E-state index >= 15 is 33.6 Å². The molecule has 2 aromatic rings. The van der Waals surface area contributed by atoms with Gasteiger partial charge in [-0.2, -0.15) is 0 Å². The Balaban J connectivity index is 0.00000777. The Morgan fingerprint density at radius 3 is 1.67 bits per heavy atom. The highest BCUT2D eigenvalue weighted by Gasteiger charge is 2.48. The molecule has 0 aliphatic carbocycles. The van der Waals surface area contributed by atoms with Gasteiger partial charge in [-0.05, 0) is 184 Å². The Morgan fingerprint density at radius 1 is 0.542 bits per heavy atom. The predicted molar refractivity (Wildman–Crippen MR) is 535 cm³/mol. The van der Waals surface area contributed by atoms with Crippen LogP contribution in [0.15, 0.2) is 54.6 Å². The minimum absolute atomic E-state index is 0.00894. The molecule has 26 N–H and O–H groups in total. The lowest BCUT2D eigenvalue weighted by Crippen LogP contribution is -2.61. The Morgan fingerprint density at radius 2 is 1.08 bits per heavy atom. The number of likely N-dealkylation sites (tertiary alicyclic amines) is 3. The SMILES string of the molecule is CC(=O)O.CCCC[C@@H]1NC(=O)[C@H](CCCCN)NC(=O)[C@H](CCCNC(=N)N)NC(=O)[C@H](CC(C)C)NC(=O)[C@@H](NC(=O)[C@H](Cc2cccc(Cl)c2)NC(=O)[C@@H]2CCCN2C(=O)[C@@H](NC(C)=O)C(C)C)CCSSC[C@@H](C(=O)N[C@@H](CCCCN)C(=O)N2CCC[C@H]2C(=O)N2CCC[C@H]2C(=O)N[C@@H](CCC(=O)O)C(N)=O)NC(=O)[C@H](Cc2ccccc2)NC(=O)[C@H](CO)NC(=O)[C@H](C)NC(=O)[C@@H]2CCCN2C1=O. The molecular formula is C95H148ClN23O23S2. The van der Waals surface area contributed by atoms with Crippen molar-refractivity contribution in [2.75, 3.05) is 63.9 Å². The van der Waals surface area contributed by atoms with Gasteiger partial charge in [0.15, 0.2) is 5.96 Å². The molecule has 0 unspecified atom stereocenters. The van der Waals surface area contributed by atoms with Crippen molar-refractivity contribution in [1.82, 2.24) is 94.0 Å². The maximum Gasteiger partial charge on any atom is 0.303 e. The molecule has 18 amide bonds. The number of hydrogen-bond acceptors (Lipinski definition) is 26. The molecule has 7 rings (SSSR count). The van der Waals surface area contributed by atoms with Crippen molar-refractivity contribution < 1.29 is 111 Å². The number of benzene rings is 2. The quantitative estimate of drug-likeness (QED) is 0.0150. The third-order valence-electron chi connectivity index (χ3n) is 25.0. The largest absolute Gasteiger partial charge is 0.481 e. The van der Waals surface area contributed by atoms with Gasteiger partial charge in [-0.1, -0.05) is 123 Å². The Bertz CT molecular complexity index is 4740. The predicted octanol–water partition coefficient (Wildman–Crippen LogP) is -1.94. The average molecular weight is 2080 g/mol. The van der Waals surface area contributed by atoms with E-state index in [4.69, 9.17) is 49.8 Å². The van der Waals surface area contributed by atoms with E-state index in [1.165, 1.54) is 33.4 Å². The number of aliphatic hydroxyl groups is 1. The highest BCUT2D eigenvalue weighted by Crippen LogP contribution is 2.30. The fraction of sp³-hybridized carbons (Fsp3) is 0.653. The van der Waals surface area contributed by atoms with Crippen LogP contribution in [-0.4, -0.2) is 326 Å². The zero-order valence-electron chi connectivity index (χ0n) is 83.2. The van der Waals surface area contributed by atoms with E-state index in [-0.39, 0.29) is 166 Å². The number of nitrogens with two attached hydrogens (primary N) is 4. The average Bonchev–Trinajstić information content (AvgIpc) is 1.64. The van der Waals surface area contributed by atoms with Crippen LogP contribution in [0.5, 0.6) is 0 Å². The van der Waals surface area contributed by atoms with E-state index in [2.05, 4.69) is 74.4 Å². The van der Waals surface area contributed by atoms with Crippen LogP contribution in [0, 0.1) is 17.2 Å². The van der Waals surface area contributed by atoms with Crippen LogP contribution in [0.2, 0.25) is 5.02 Å². The number of fused-ring (bicyclic) bond motifs is 1. The van der Waals surface area contributed by atoms with Crippen LogP contribution in [0.4, 0.5) is 0 Å². The molecule has 2 aromatic carbocycles. The first-order valence-electron chi connectivity index (χ1n) is 49.4. The fourth-order valence-corrected chi connectivity index (χ4v) is 19.9. The van der Waals surface area contributed by atoms with E-state index in [9.17, 15) is 67.7 Å². The van der Waals surface area contributed by atoms with Gasteiger partial charge in [-0.25, -0.2) is 0 Å². The first-order chi connectivity index (χ1) is 68.4. The molecule has 0 saturated carbocycles. The lowest BCUT2D eigenvalue weighted by molar-refractivity contribution is -0.148. The summed E-state index contributed by atoms with van der Waals surface area (Å²) >= 11 is 6.54. The molecule has 5 heterocycles. The summed E-state index contributed by atoms with van der Waals surface area (Å²) < 4.78 is 0. The first-order valence-corrected chi connectivity index (χ1v) is 52.2. The third kappa shape index (κ3) is 39.5. The van der Waals surface area contributed by atoms with Crippen molar-refractivity contribution in [3.8, 4) is 0 Å². The first kappa shape index (κ1) is 121. The van der Waals surface area contributed by atoms with Crippen LogP contribution in [-0.2, 0) is 109 Å². The molecule has 17 atom stereocenters. The number of guanidine groups is 1. The highest BCUT2D eigenvalue weighted by molar-refractivity contribution is 8.76. The number of hydrogen-bond donors (Lipinski definition) is 22. The van der Waals surface area contributed by atoms with E-state index in [0.29, 0.717) is 56.1 Å². The van der Waals surface area contributed by atoms with Crippen LogP contribution in [0.1, 0.15) is 214 Å². The monoisotopic (exact) mass is 2080 g/mol. The zero-order valence-corrected chi connectivity index (χ0v) is 85.6. The second-order valence-corrected chi connectivity index (χ2v) is 40.4. The van der Waals surface area contributed by atoms with Gasteiger partial charge in [0, 0.05) is 82.4 Å². The van der Waals surface area contributed by atoms with Crippen molar-refractivity contribution in [2.24, 2.45) is 34.8 Å². The summed E-state index contributed by atoms with van der Waals surface area (Å²) in [6, 6.07) is -9.66. The second-order valence-electron chi connectivity index (χ2n) is 37.4. The maximum atomic E-state index is 15.7. The number of rotatable bonds is 39. The molecule has 49 heteroatoms. The summed E-state index contributed by atoms with van der Waals surface area (Å²) in [6.45, 7) is 11.9. The van der Waals surface area contributed by atoms with E-state index in [1.807, 2.05) is 6.92 Å². The number of aliphatic carboxylic acids is 2. The van der Waals surface area contributed by atoms with Crippen LogP contribution in [0.3, 0.4) is 0 Å². The molecule has 5 aliphatic heterocycles. The van der Waals surface area contributed by atoms with Crippen molar-refractivity contribution in [2.45, 2.75) is 319 Å². The molecule has 800 valence electrons. The smallest absolute Gasteiger partial charge is 0.303 e. The Kier molecular flexibility index (Phi) is 51.9. The molecule has 0 radical (unpaired) electrons. The topological polar surface area (TPSA) is 711 Å². The molecule has 144 heavy (non-hydrogen) atoms. The van der Waals surface area contributed by atoms with E-state index in [0.717, 1.165) is 28.5 Å². The molecule has 46 nitrogen and oxygen atoms in total. The number of halogens is 1. The van der Waals surface area contributed by atoms with Gasteiger partial charge in [0.25, 0.3) is 5.97 Å². The number of primary amides is 1. The van der Waals surface area contributed by atoms with Crippen molar-refractivity contribution in [3.05, 3.63) is 70.7 Å². The van der Waals surface area contributed by atoms with E-state index in [1.54, 1.807) is 82.3 Å². The van der Waals surface area contributed by atoms with Crippen molar-refractivity contribution in [1.29, 1.82) is 5.41 Å². The normalized spacial score (nSPS) is 23.6. The maximum absolute atomic E-state index is 15.7. The van der Waals surface area contributed by atoms with Crippen LogP contribution < -0.4 is 97.4 Å². The van der Waals surface area contributed by atoms with Crippen molar-refractivity contribution >= 4 is 157 Å². The number of nitrogens with zero attached hydrogens (tertiary/aromatic N) is 4. The number of unbranched alkanes of at least 4 members (excludes halogenated alkanes) is 3. The van der Waals surface area contributed by atoms with Gasteiger partial charge in [-0.3, -0.25) is 101 Å². The van der Waals surface area contributed by atoms with Gasteiger partial charge < -0.3 is 132 Å². The van der Waals surface area contributed by atoms with Gasteiger partial charge >= 0.3 is 5.97 Å². The summed E-state index contributed by atoms with van der Waals surface area (Å²) in [5.41, 5.74) is 24.1. The molecule has 0 aromatic heterocycles. The number of carboxylic acids is 2. The highest BCUT2D eigenvalue weighted by atomic mass is 35.5. The lowest BCUT2D eigenvalue weighted by Gasteiger charge is -2.33. The van der Waals surface area contributed by atoms with Crippen LogP contribution in [0.25, 0.3) is 0 Å². The van der Waals surface area contributed by atoms with Gasteiger partial charge in [-0.15, -0.1) is 0 Å². The number of carbonyl (C=O) groups excluding carboxylic acids is 18. The second kappa shape index (κ2) is 62.0. The zero-order chi connectivity index (χ0) is 107. The van der Waals surface area contributed by atoms with Gasteiger partial charge in [0.1, 0.15) is 103 Å². The van der Waals surface area contributed by atoms with Gasteiger partial charge in [0.2, 0.25) is 106 Å². The minimum atomic E-state index is -1.84. The summed E-state index contributed by atoms with van der Waals surface area (Å²) in [5, 5.41) is 73.7. The molecular weight excluding hydrogens is 1930 g/mol. The van der Waals surface area contributed by atoms with E-state index < -0.39 is 258 Å². The standard InChI is InChI=1S/C93H144ClN23O21S2.C2H4O2/c1-8-9-27-63-89(135)114-41-19-31-70(114)86(132)101-54(6)77(123)112-68(50-118)84(130)110-66(48-56-23-11-10-12-24-56)83(129)113-69(85(131)108-64(29-14-16-39-96)90(136)117-44-22-34-73(117)91(137)115-42-20-32-71(115)87(133)103-59(76(97)122)35-36-74(120)121)51-140-139-45-37-62(80(126)109-65(46-52(2)3)81(127)105-61(30-18-40-100-93(98)99)78(124)104-60(79(125)107-63)28-13-15-38-95)106-82(128)67(49-57-25-17-26-58(94)47-57)111-88(134)72-33-21-43-116(72)92(138)75(53(4)5)102-55(7)119;1-2(3)4/h10-12,17,23-26,47,52-54,59-73,75,118H,8-9,13-16,18-22,27-46,48-51,95-96H2,1-7H3,(H2,97,122)(H,101,132)(H,102,119)(H,103,133)(H,104,124)(H,105,127)(H,106,128)(H,107,125)(H,108,131)(H,109,126)(H,110,130)(H,111,134)(H,112,123)(H,113,129)(H,120,121)(H4,98,99,100);1H3,(H,3,4)/t54-,59-,60-,61-,62-,63-,64-,65-,66-,67-,68-,69-,70-,71-,72-,73-,75-;/m0./s1. The molecule has 5 fully saturated rings. The molecule has 0 spiro atoms. The van der Waals surface area contributed by atoms with Crippen molar-refractivity contribution in [3.63, 3.8) is 0 Å². The number of carbonyl (C=O) groups is 20. The minimum Gasteiger partial charge on any atom is -0.481 e. The molecule has 5 saturated heterocycles. The lowest BCUT2D eigenvalue weighted by atomic mass is 10.0. The summed E-state index contributed by atoms with van der Waals surface area (Å²) in [4.78, 5) is 290. The summed E-state index contributed by atoms with van der Waals surface area (Å²) in [6.07, 6.45) is 1.79. The number of nitrogens with one attached hydrogen (secondary N) is 15. The molecule has 0 bridgehead atoms. The number of carboxylic acid groups (broad SMARTS) is 2. The number of aliphatic hydroxyl groups excluding tert-OH is 1. The Labute approximate surface area is 851 Å². The Hall–Kier alpha value is -12.0. The number of amides is 18. The molecule has 5 aliphatic rings. The van der Waals surface area contributed by atoms with Gasteiger partial charge in [0.05, 0.1) is 6.61 Å². The third-order valence-corrected chi connectivity index (χ3v) is 27.7.